The molecule has 3 N–H and O–H groups in total. The molecule has 0 saturated carbocycles. The second-order valence-electron chi connectivity index (χ2n) is 6.60. The summed E-state index contributed by atoms with van der Waals surface area (Å²) in [5, 5.41) is 14.1. The van der Waals surface area contributed by atoms with Crippen molar-refractivity contribution in [1.82, 2.24) is 5.32 Å². The SMILES string of the molecule is CC(C)(C)OC(=O)NCCCCCCC(=O)O.CNc1ccccc1. The molecule has 0 aromatic heterocycles. The Morgan fingerprint density at radius 1 is 1.04 bits per heavy atom. The Morgan fingerprint density at radius 2 is 1.64 bits per heavy atom. The number of unbranched alkanes of at least 4 members (excludes halogenated alkanes) is 3. The van der Waals surface area contributed by atoms with Gasteiger partial charge in [0.2, 0.25) is 0 Å². The van der Waals surface area contributed by atoms with E-state index in [-0.39, 0.29) is 6.42 Å². The third kappa shape index (κ3) is 16.4. The number of carboxylic acid groups (broad SMARTS) is 1. The second kappa shape index (κ2) is 13.1. The van der Waals surface area contributed by atoms with Gasteiger partial charge in [-0.1, -0.05) is 31.0 Å². The second-order valence-corrected chi connectivity index (χ2v) is 6.60. The molecule has 0 aliphatic rings. The van der Waals surface area contributed by atoms with Gasteiger partial charge >= 0.3 is 12.1 Å². The molecule has 1 aromatic carbocycles. The Kier molecular flexibility index (Phi) is 11.9. The molecular weight excluding hydrogens is 320 g/mol. The molecule has 0 saturated heterocycles. The number of carbonyl (C=O) groups excluding carboxylic acids is 1. The van der Waals surface area contributed by atoms with Gasteiger partial charge in [0.05, 0.1) is 0 Å². The fourth-order valence-corrected chi connectivity index (χ4v) is 1.86. The van der Waals surface area contributed by atoms with E-state index in [1.807, 2.05) is 58.2 Å². The maximum absolute atomic E-state index is 11.2. The summed E-state index contributed by atoms with van der Waals surface area (Å²) in [6, 6.07) is 10.1. The summed E-state index contributed by atoms with van der Waals surface area (Å²) >= 11 is 0. The van der Waals surface area contributed by atoms with Gasteiger partial charge in [0.15, 0.2) is 0 Å². The Morgan fingerprint density at radius 3 is 2.12 bits per heavy atom. The third-order valence-corrected chi connectivity index (χ3v) is 3.05. The number of alkyl carbamates (subject to hydrolysis) is 1. The van der Waals surface area contributed by atoms with Crippen LogP contribution >= 0.6 is 0 Å². The van der Waals surface area contributed by atoms with Crippen LogP contribution in [0.1, 0.15) is 52.9 Å². The van der Waals surface area contributed by atoms with Gasteiger partial charge in [-0.2, -0.15) is 0 Å². The number of nitrogens with one attached hydrogen (secondary N) is 2. The molecule has 6 nitrogen and oxygen atoms in total. The fraction of sp³-hybridized carbons (Fsp3) is 0.579. The van der Waals surface area contributed by atoms with Crippen LogP contribution in [0.3, 0.4) is 0 Å². The zero-order chi connectivity index (χ0) is 19.1. The maximum atomic E-state index is 11.2. The highest BCUT2D eigenvalue weighted by Crippen LogP contribution is 2.07. The highest BCUT2D eigenvalue weighted by Gasteiger charge is 2.15. The lowest BCUT2D eigenvalue weighted by atomic mass is 10.1. The number of amides is 1. The van der Waals surface area contributed by atoms with Crippen LogP contribution in [0.5, 0.6) is 0 Å². The molecule has 142 valence electrons. The number of carboxylic acids is 1. The molecule has 0 atom stereocenters. The predicted molar refractivity (Wildman–Crippen MR) is 101 cm³/mol. The van der Waals surface area contributed by atoms with E-state index in [2.05, 4.69) is 10.6 Å². The van der Waals surface area contributed by atoms with E-state index in [4.69, 9.17) is 9.84 Å². The first kappa shape index (κ1) is 22.8. The monoisotopic (exact) mass is 352 g/mol. The van der Waals surface area contributed by atoms with E-state index in [0.29, 0.717) is 13.0 Å². The van der Waals surface area contributed by atoms with Gasteiger partial charge in [-0.05, 0) is 45.7 Å². The molecule has 0 radical (unpaired) electrons. The predicted octanol–water partition coefficient (Wildman–Crippen LogP) is 4.27. The van der Waals surface area contributed by atoms with Gasteiger partial charge in [-0.3, -0.25) is 4.79 Å². The van der Waals surface area contributed by atoms with Crippen molar-refractivity contribution in [3.63, 3.8) is 0 Å². The van der Waals surface area contributed by atoms with Crippen molar-refractivity contribution >= 4 is 17.7 Å². The molecule has 0 heterocycles. The van der Waals surface area contributed by atoms with Gasteiger partial charge in [-0.15, -0.1) is 0 Å². The van der Waals surface area contributed by atoms with Crippen LogP contribution in [-0.2, 0) is 9.53 Å². The molecule has 0 unspecified atom stereocenters. The Bertz CT molecular complexity index is 484. The van der Waals surface area contributed by atoms with Crippen LogP contribution in [0.2, 0.25) is 0 Å². The van der Waals surface area contributed by atoms with Crippen molar-refractivity contribution < 1.29 is 19.4 Å². The Labute approximate surface area is 151 Å². The number of para-hydroxylation sites is 1. The average molecular weight is 352 g/mol. The quantitative estimate of drug-likeness (QED) is 0.608. The average Bonchev–Trinajstić information content (AvgIpc) is 2.53. The summed E-state index contributed by atoms with van der Waals surface area (Å²) in [4.78, 5) is 21.5. The largest absolute Gasteiger partial charge is 0.481 e. The van der Waals surface area contributed by atoms with E-state index in [9.17, 15) is 9.59 Å². The van der Waals surface area contributed by atoms with Gasteiger partial charge in [0.25, 0.3) is 0 Å². The summed E-state index contributed by atoms with van der Waals surface area (Å²) in [6.07, 6.45) is 3.16. The minimum absolute atomic E-state index is 0.222. The van der Waals surface area contributed by atoms with Crippen molar-refractivity contribution in [2.24, 2.45) is 0 Å². The number of anilines is 1. The van der Waals surface area contributed by atoms with Gasteiger partial charge in [0, 0.05) is 25.7 Å². The summed E-state index contributed by atoms with van der Waals surface area (Å²) < 4.78 is 5.07. The molecular formula is C19H32N2O4. The first-order valence-electron chi connectivity index (χ1n) is 8.66. The smallest absolute Gasteiger partial charge is 0.407 e. The fourth-order valence-electron chi connectivity index (χ4n) is 1.86. The van der Waals surface area contributed by atoms with Crippen LogP contribution in [-0.4, -0.2) is 36.4 Å². The van der Waals surface area contributed by atoms with Crippen LogP contribution in [0.15, 0.2) is 30.3 Å². The minimum atomic E-state index is -0.753. The molecule has 25 heavy (non-hydrogen) atoms. The molecule has 1 rings (SSSR count). The van der Waals surface area contributed by atoms with Crippen LogP contribution < -0.4 is 10.6 Å². The van der Waals surface area contributed by atoms with E-state index < -0.39 is 17.7 Å². The van der Waals surface area contributed by atoms with E-state index in [1.54, 1.807) is 0 Å². The van der Waals surface area contributed by atoms with Gasteiger partial charge < -0.3 is 20.5 Å². The van der Waals surface area contributed by atoms with E-state index in [1.165, 1.54) is 0 Å². The zero-order valence-corrected chi connectivity index (χ0v) is 15.8. The Hall–Kier alpha value is -2.24. The number of rotatable bonds is 8. The lowest BCUT2D eigenvalue weighted by Gasteiger charge is -2.19. The maximum Gasteiger partial charge on any atom is 0.407 e. The highest BCUT2D eigenvalue weighted by molar-refractivity contribution is 5.67. The molecule has 0 spiro atoms. The summed E-state index contributed by atoms with van der Waals surface area (Å²) in [6.45, 7) is 6.03. The number of benzene rings is 1. The van der Waals surface area contributed by atoms with Gasteiger partial charge in [0.1, 0.15) is 5.60 Å². The molecule has 0 fully saturated rings. The lowest BCUT2D eigenvalue weighted by molar-refractivity contribution is -0.137. The Balaban J connectivity index is 0.000000593. The van der Waals surface area contributed by atoms with E-state index >= 15 is 0 Å². The third-order valence-electron chi connectivity index (χ3n) is 3.05. The van der Waals surface area contributed by atoms with Crippen molar-refractivity contribution in [2.75, 3.05) is 18.9 Å². The van der Waals surface area contributed by atoms with Crippen LogP contribution in [0.25, 0.3) is 0 Å². The molecule has 1 aromatic rings. The highest BCUT2D eigenvalue weighted by atomic mass is 16.6. The van der Waals surface area contributed by atoms with Crippen LogP contribution in [0, 0.1) is 0 Å². The van der Waals surface area contributed by atoms with Crippen molar-refractivity contribution in [2.45, 2.75) is 58.5 Å². The van der Waals surface area contributed by atoms with Gasteiger partial charge in [-0.25, -0.2) is 4.79 Å². The zero-order valence-electron chi connectivity index (χ0n) is 15.8. The number of hydrogen-bond donors (Lipinski definition) is 3. The standard InChI is InChI=1S/C12H23NO4.C7H9N/c1-12(2,3)17-11(16)13-9-7-5-4-6-8-10(14)15;1-8-7-5-3-2-4-6-7/h4-9H2,1-3H3,(H,13,16)(H,14,15);2-6,8H,1H3. The van der Waals surface area contributed by atoms with Crippen molar-refractivity contribution in [1.29, 1.82) is 0 Å². The first-order chi connectivity index (χ1) is 11.7. The molecule has 0 bridgehead atoms. The van der Waals surface area contributed by atoms with Crippen LogP contribution in [0.4, 0.5) is 10.5 Å². The first-order valence-corrected chi connectivity index (χ1v) is 8.66. The van der Waals surface area contributed by atoms with E-state index in [0.717, 1.165) is 24.9 Å². The molecule has 0 aliphatic carbocycles. The number of ether oxygens (including phenoxy) is 1. The minimum Gasteiger partial charge on any atom is -0.481 e. The van der Waals surface area contributed by atoms with Crippen molar-refractivity contribution in [3.05, 3.63) is 30.3 Å². The topological polar surface area (TPSA) is 87.7 Å². The lowest BCUT2D eigenvalue weighted by Crippen LogP contribution is -2.32. The molecule has 6 heteroatoms. The normalized spacial score (nSPS) is 10.2. The van der Waals surface area contributed by atoms with Crippen molar-refractivity contribution in [3.8, 4) is 0 Å². The summed E-state index contributed by atoms with van der Waals surface area (Å²) in [5.41, 5.74) is 0.693. The molecule has 1 amide bonds. The number of hydrogen-bond acceptors (Lipinski definition) is 4. The number of carbonyl (C=O) groups is 2. The summed E-state index contributed by atoms with van der Waals surface area (Å²) in [7, 11) is 1.91. The summed E-state index contributed by atoms with van der Waals surface area (Å²) in [5.74, 6) is -0.753. The number of aliphatic carboxylic acids is 1. The molecule has 0 aliphatic heterocycles.